The number of nitrogens with zero attached hydrogens (tertiary/aromatic N) is 2. The molecule has 0 aliphatic carbocycles. The molecule has 0 saturated carbocycles. The first-order valence-electron chi connectivity index (χ1n) is 5.68. The molecule has 1 amide bonds. The van der Waals surface area contributed by atoms with Crippen LogP contribution in [0, 0.1) is 6.92 Å². The van der Waals surface area contributed by atoms with Gasteiger partial charge in [-0.3, -0.25) is 14.6 Å². The molecule has 1 aromatic heterocycles. The van der Waals surface area contributed by atoms with Gasteiger partial charge in [0.1, 0.15) is 6.54 Å². The van der Waals surface area contributed by atoms with Gasteiger partial charge in [0, 0.05) is 23.0 Å². The van der Waals surface area contributed by atoms with Crippen molar-refractivity contribution >= 4 is 11.9 Å². The fourth-order valence-electron chi connectivity index (χ4n) is 1.58. The van der Waals surface area contributed by atoms with Crippen molar-refractivity contribution in [1.82, 2.24) is 9.88 Å². The Morgan fingerprint density at radius 3 is 2.44 bits per heavy atom. The molecule has 5 nitrogen and oxygen atoms in total. The van der Waals surface area contributed by atoms with E-state index in [1.54, 1.807) is 25.3 Å². The summed E-state index contributed by atoms with van der Waals surface area (Å²) in [5.74, 6) is -1.32. The first kappa shape index (κ1) is 14.2. The molecule has 18 heavy (non-hydrogen) atoms. The molecule has 0 aliphatic rings. The van der Waals surface area contributed by atoms with Crippen LogP contribution >= 0.6 is 0 Å². The summed E-state index contributed by atoms with van der Waals surface area (Å²) in [6.45, 7) is 6.89. The SMILES string of the molecule is Cc1cc(C(=O)N(CC(=O)O)C(C)(C)C)ccn1. The van der Waals surface area contributed by atoms with Crippen LogP contribution in [0.4, 0.5) is 0 Å². The molecule has 0 aromatic carbocycles. The predicted molar refractivity (Wildman–Crippen MR) is 67.4 cm³/mol. The van der Waals surface area contributed by atoms with Crippen molar-refractivity contribution in [2.45, 2.75) is 33.2 Å². The minimum absolute atomic E-state index is 0.296. The number of aromatic nitrogens is 1. The van der Waals surface area contributed by atoms with E-state index in [0.717, 1.165) is 5.69 Å². The van der Waals surface area contributed by atoms with Gasteiger partial charge < -0.3 is 10.0 Å². The van der Waals surface area contributed by atoms with Crippen molar-refractivity contribution in [3.05, 3.63) is 29.6 Å². The molecule has 0 fully saturated rings. The topological polar surface area (TPSA) is 70.5 Å². The number of hydrogen-bond acceptors (Lipinski definition) is 3. The second kappa shape index (κ2) is 5.16. The molecular formula is C13H18N2O3. The summed E-state index contributed by atoms with van der Waals surface area (Å²) in [6.07, 6.45) is 1.55. The number of hydrogen-bond donors (Lipinski definition) is 1. The largest absolute Gasteiger partial charge is 0.480 e. The van der Waals surface area contributed by atoms with Gasteiger partial charge in [0.25, 0.3) is 5.91 Å². The van der Waals surface area contributed by atoms with E-state index in [1.807, 2.05) is 20.8 Å². The maximum atomic E-state index is 12.3. The van der Waals surface area contributed by atoms with Crippen LogP contribution in [0.5, 0.6) is 0 Å². The fourth-order valence-corrected chi connectivity index (χ4v) is 1.58. The van der Waals surface area contributed by atoms with Gasteiger partial charge in [-0.25, -0.2) is 0 Å². The van der Waals surface area contributed by atoms with Gasteiger partial charge in [0.05, 0.1) is 0 Å². The number of carbonyl (C=O) groups excluding carboxylic acids is 1. The van der Waals surface area contributed by atoms with Gasteiger partial charge >= 0.3 is 5.97 Å². The normalized spacial score (nSPS) is 11.1. The summed E-state index contributed by atoms with van der Waals surface area (Å²) in [6, 6.07) is 3.25. The Morgan fingerprint density at radius 1 is 1.39 bits per heavy atom. The molecule has 0 unspecified atom stereocenters. The molecule has 98 valence electrons. The molecule has 0 spiro atoms. The highest BCUT2D eigenvalue weighted by Gasteiger charge is 2.29. The van der Waals surface area contributed by atoms with E-state index in [2.05, 4.69) is 4.98 Å². The summed E-state index contributed by atoms with van der Waals surface area (Å²) in [5, 5.41) is 8.89. The van der Waals surface area contributed by atoms with E-state index in [9.17, 15) is 9.59 Å². The third-order valence-electron chi connectivity index (χ3n) is 2.49. The summed E-state index contributed by atoms with van der Waals surface area (Å²) in [4.78, 5) is 28.5. The van der Waals surface area contributed by atoms with E-state index in [-0.39, 0.29) is 12.5 Å². The summed E-state index contributed by atoms with van der Waals surface area (Å²) < 4.78 is 0. The van der Waals surface area contributed by atoms with E-state index < -0.39 is 11.5 Å². The zero-order valence-electron chi connectivity index (χ0n) is 11.1. The fraction of sp³-hybridized carbons (Fsp3) is 0.462. The molecule has 0 saturated heterocycles. The molecule has 0 radical (unpaired) electrons. The lowest BCUT2D eigenvalue weighted by Gasteiger charge is -2.34. The average molecular weight is 250 g/mol. The summed E-state index contributed by atoms with van der Waals surface area (Å²) in [5.41, 5.74) is 0.635. The third-order valence-corrected chi connectivity index (χ3v) is 2.49. The third kappa shape index (κ3) is 3.55. The highest BCUT2D eigenvalue weighted by atomic mass is 16.4. The Hall–Kier alpha value is -1.91. The van der Waals surface area contributed by atoms with E-state index in [4.69, 9.17) is 5.11 Å². The molecular weight excluding hydrogens is 232 g/mol. The number of rotatable bonds is 3. The lowest BCUT2D eigenvalue weighted by molar-refractivity contribution is -0.138. The Bertz CT molecular complexity index is 464. The molecule has 1 heterocycles. The lowest BCUT2D eigenvalue weighted by atomic mass is 10.0. The molecule has 1 N–H and O–H groups in total. The first-order valence-corrected chi connectivity index (χ1v) is 5.68. The Morgan fingerprint density at radius 2 is 2.00 bits per heavy atom. The number of aryl methyl sites for hydroxylation is 1. The maximum Gasteiger partial charge on any atom is 0.323 e. The van der Waals surface area contributed by atoms with Crippen molar-refractivity contribution < 1.29 is 14.7 Å². The Balaban J connectivity index is 3.06. The Kier molecular flexibility index (Phi) is 4.06. The second-order valence-corrected chi connectivity index (χ2v) is 5.14. The van der Waals surface area contributed by atoms with Gasteiger partial charge in [0.2, 0.25) is 0 Å². The van der Waals surface area contributed by atoms with Gasteiger partial charge in [-0.1, -0.05) is 0 Å². The molecule has 1 aromatic rings. The van der Waals surface area contributed by atoms with E-state index in [1.165, 1.54) is 4.90 Å². The monoisotopic (exact) mass is 250 g/mol. The van der Waals surface area contributed by atoms with Crippen LogP contribution < -0.4 is 0 Å². The standard InChI is InChI=1S/C13H18N2O3/c1-9-7-10(5-6-14-9)12(18)15(8-11(16)17)13(2,3)4/h5-7H,8H2,1-4H3,(H,16,17). The molecule has 5 heteroatoms. The minimum Gasteiger partial charge on any atom is -0.480 e. The van der Waals surface area contributed by atoms with Crippen LogP contribution in [0.1, 0.15) is 36.8 Å². The van der Waals surface area contributed by atoms with Crippen molar-refractivity contribution in [3.63, 3.8) is 0 Å². The zero-order chi connectivity index (χ0) is 13.9. The summed E-state index contributed by atoms with van der Waals surface area (Å²) in [7, 11) is 0. The van der Waals surface area contributed by atoms with Crippen LogP contribution in [0.2, 0.25) is 0 Å². The van der Waals surface area contributed by atoms with Crippen molar-refractivity contribution in [3.8, 4) is 0 Å². The van der Waals surface area contributed by atoms with Crippen molar-refractivity contribution in [2.24, 2.45) is 0 Å². The van der Waals surface area contributed by atoms with E-state index >= 15 is 0 Å². The number of carboxylic acids is 1. The van der Waals surface area contributed by atoms with Gasteiger partial charge in [0.15, 0.2) is 0 Å². The zero-order valence-corrected chi connectivity index (χ0v) is 11.1. The minimum atomic E-state index is -1.02. The van der Waals surface area contributed by atoms with Gasteiger partial charge in [-0.2, -0.15) is 0 Å². The van der Waals surface area contributed by atoms with Crippen molar-refractivity contribution in [2.75, 3.05) is 6.54 Å². The highest BCUT2D eigenvalue weighted by molar-refractivity contribution is 5.96. The molecule has 0 atom stereocenters. The van der Waals surface area contributed by atoms with Crippen LogP contribution in [-0.2, 0) is 4.79 Å². The second-order valence-electron chi connectivity index (χ2n) is 5.14. The number of carboxylic acid groups (broad SMARTS) is 1. The quantitative estimate of drug-likeness (QED) is 0.886. The van der Waals surface area contributed by atoms with Crippen LogP contribution in [0.15, 0.2) is 18.3 Å². The molecule has 1 rings (SSSR count). The highest BCUT2D eigenvalue weighted by Crippen LogP contribution is 2.17. The lowest BCUT2D eigenvalue weighted by Crippen LogP contribution is -2.48. The van der Waals surface area contributed by atoms with Gasteiger partial charge in [-0.15, -0.1) is 0 Å². The number of aliphatic carboxylic acids is 1. The summed E-state index contributed by atoms with van der Waals surface area (Å²) >= 11 is 0. The number of carbonyl (C=O) groups is 2. The maximum absolute atomic E-state index is 12.3. The number of amides is 1. The van der Waals surface area contributed by atoms with Crippen molar-refractivity contribution in [1.29, 1.82) is 0 Å². The van der Waals surface area contributed by atoms with Crippen LogP contribution in [-0.4, -0.2) is 39.0 Å². The smallest absolute Gasteiger partial charge is 0.323 e. The van der Waals surface area contributed by atoms with Crippen LogP contribution in [0.25, 0.3) is 0 Å². The Labute approximate surface area is 106 Å². The van der Waals surface area contributed by atoms with Gasteiger partial charge in [-0.05, 0) is 39.8 Å². The number of pyridine rings is 1. The average Bonchev–Trinajstić information content (AvgIpc) is 2.23. The van der Waals surface area contributed by atoms with Crippen LogP contribution in [0.3, 0.4) is 0 Å². The predicted octanol–water partition coefficient (Wildman–Crippen LogP) is 1.72. The molecule has 0 aliphatic heterocycles. The first-order chi connectivity index (χ1) is 8.21. The molecule has 0 bridgehead atoms. The van der Waals surface area contributed by atoms with E-state index in [0.29, 0.717) is 5.56 Å².